The Labute approximate surface area is 93.8 Å². The van der Waals surface area contributed by atoms with Crippen LogP contribution in [-0.4, -0.2) is 33.7 Å². The molecule has 1 aromatic rings. The number of rotatable bonds is 2. The van der Waals surface area contributed by atoms with E-state index in [1.807, 2.05) is 43.3 Å². The van der Waals surface area contributed by atoms with E-state index in [0.29, 0.717) is 6.54 Å². The molecular weight excluding hydrogens is 188 g/mol. The quantitative estimate of drug-likeness (QED) is 0.795. The van der Waals surface area contributed by atoms with Gasteiger partial charge in [0.15, 0.2) is 0 Å². The highest BCUT2D eigenvalue weighted by Gasteiger charge is 2.15. The summed E-state index contributed by atoms with van der Waals surface area (Å²) in [5.41, 5.74) is 2.23. The number of benzene rings is 1. The number of ether oxygens (including phenoxy) is 1. The van der Waals surface area contributed by atoms with E-state index in [0.717, 1.165) is 11.3 Å². The molecule has 15 heavy (non-hydrogen) atoms. The van der Waals surface area contributed by atoms with Gasteiger partial charge in [-0.25, -0.2) is 0 Å². The fraction of sp³-hybridized carbons (Fsp3) is 0.500. The Hall–Kier alpha value is -1.06. The van der Waals surface area contributed by atoms with Crippen LogP contribution in [-0.2, 0) is 4.74 Å². The molecule has 0 spiro atoms. The number of hydrogen-bond donors (Lipinski definition) is 1. The van der Waals surface area contributed by atoms with Crippen molar-refractivity contribution in [3.8, 4) is 0 Å². The maximum Gasteiger partial charge on any atom is 0.0949 e. The standard InChI is InChI=1S/C12H18N2O/c1-14(2)11-5-3-10(4-6-11)12-9-13-7-8-15-12/h3-6,12-13H,7-9H2,1-2H3/t12-/m0/s1/i7D2. The Morgan fingerprint density at radius 2 is 2.13 bits per heavy atom. The summed E-state index contributed by atoms with van der Waals surface area (Å²) < 4.78 is 20.5. The number of anilines is 1. The highest BCUT2D eigenvalue weighted by atomic mass is 16.5. The average Bonchev–Trinajstić information content (AvgIpc) is 2.29. The molecule has 0 amide bonds. The largest absolute Gasteiger partial charge is 0.378 e. The van der Waals surface area contributed by atoms with Crippen LogP contribution in [0.5, 0.6) is 0 Å². The van der Waals surface area contributed by atoms with Crippen molar-refractivity contribution in [1.82, 2.24) is 5.32 Å². The van der Waals surface area contributed by atoms with Crippen LogP contribution in [0.3, 0.4) is 0 Å². The van der Waals surface area contributed by atoms with Gasteiger partial charge in [-0.3, -0.25) is 0 Å². The molecule has 0 radical (unpaired) electrons. The van der Waals surface area contributed by atoms with Gasteiger partial charge in [-0.15, -0.1) is 0 Å². The van der Waals surface area contributed by atoms with E-state index in [1.165, 1.54) is 0 Å². The van der Waals surface area contributed by atoms with Crippen LogP contribution in [0.25, 0.3) is 0 Å². The van der Waals surface area contributed by atoms with Crippen LogP contribution in [0.15, 0.2) is 24.3 Å². The molecule has 0 bridgehead atoms. The second kappa shape index (κ2) is 4.64. The van der Waals surface area contributed by atoms with Gasteiger partial charge in [0.1, 0.15) is 0 Å². The number of morpholine rings is 1. The van der Waals surface area contributed by atoms with E-state index in [1.54, 1.807) is 0 Å². The first kappa shape index (κ1) is 8.13. The lowest BCUT2D eigenvalue weighted by Gasteiger charge is -2.24. The van der Waals surface area contributed by atoms with Crippen molar-refractivity contribution in [2.24, 2.45) is 0 Å². The minimum atomic E-state index is -1.40. The fourth-order valence-electron chi connectivity index (χ4n) is 1.62. The van der Waals surface area contributed by atoms with Crippen molar-refractivity contribution in [1.29, 1.82) is 0 Å². The molecule has 1 fully saturated rings. The lowest BCUT2D eigenvalue weighted by atomic mass is 10.1. The van der Waals surface area contributed by atoms with Crippen LogP contribution < -0.4 is 10.2 Å². The Balaban J connectivity index is 2.04. The molecule has 3 nitrogen and oxygen atoms in total. The normalized spacial score (nSPS) is 26.7. The highest BCUT2D eigenvalue weighted by molar-refractivity contribution is 5.46. The fourth-order valence-corrected chi connectivity index (χ4v) is 1.62. The smallest absolute Gasteiger partial charge is 0.0949 e. The summed E-state index contributed by atoms with van der Waals surface area (Å²) in [6, 6.07) is 8.15. The van der Waals surface area contributed by atoms with Crippen molar-refractivity contribution in [3.63, 3.8) is 0 Å². The first-order chi connectivity index (χ1) is 7.98. The predicted molar refractivity (Wildman–Crippen MR) is 62.3 cm³/mol. The molecule has 0 saturated carbocycles. The minimum absolute atomic E-state index is 0.0602. The van der Waals surface area contributed by atoms with Crippen molar-refractivity contribution >= 4 is 5.69 Å². The first-order valence-electron chi connectivity index (χ1n) is 6.12. The molecule has 1 aliphatic heterocycles. The van der Waals surface area contributed by atoms with Gasteiger partial charge < -0.3 is 15.0 Å². The van der Waals surface area contributed by atoms with Crippen LogP contribution in [0.4, 0.5) is 5.69 Å². The van der Waals surface area contributed by atoms with E-state index in [9.17, 15) is 0 Å². The topological polar surface area (TPSA) is 24.5 Å². The van der Waals surface area contributed by atoms with Gasteiger partial charge in [0.2, 0.25) is 0 Å². The van der Waals surface area contributed by atoms with Gasteiger partial charge in [-0.1, -0.05) is 12.1 Å². The molecule has 0 aromatic heterocycles. The molecule has 1 aromatic carbocycles. The van der Waals surface area contributed by atoms with Crippen molar-refractivity contribution in [2.75, 3.05) is 38.6 Å². The Kier molecular flexibility index (Phi) is 2.52. The van der Waals surface area contributed by atoms with Crippen molar-refractivity contribution in [3.05, 3.63) is 29.8 Å². The van der Waals surface area contributed by atoms with E-state index in [-0.39, 0.29) is 12.7 Å². The minimum Gasteiger partial charge on any atom is -0.378 e. The van der Waals surface area contributed by atoms with Gasteiger partial charge in [-0.2, -0.15) is 0 Å². The van der Waals surface area contributed by atoms with Gasteiger partial charge >= 0.3 is 0 Å². The van der Waals surface area contributed by atoms with E-state index in [2.05, 4.69) is 5.32 Å². The summed E-state index contributed by atoms with van der Waals surface area (Å²) in [5.74, 6) is 0. The van der Waals surface area contributed by atoms with Gasteiger partial charge in [0.25, 0.3) is 0 Å². The summed E-state index contributed by atoms with van der Waals surface area (Å²) in [5, 5.41) is 2.84. The summed E-state index contributed by atoms with van der Waals surface area (Å²) in [6.45, 7) is -0.804. The number of hydrogen-bond acceptors (Lipinski definition) is 3. The third kappa shape index (κ3) is 2.49. The molecular formula is C12H18N2O. The zero-order valence-electron chi connectivity index (χ0n) is 11.2. The van der Waals surface area contributed by atoms with E-state index < -0.39 is 6.50 Å². The maximum absolute atomic E-state index is 7.49. The summed E-state index contributed by atoms with van der Waals surface area (Å²) in [4.78, 5) is 2.04. The third-order valence-electron chi connectivity index (χ3n) is 2.55. The SMILES string of the molecule is [2H]C1([2H])CO[C@H](c2ccc(N(C)C)cc2)CN1. The number of nitrogens with zero attached hydrogens (tertiary/aromatic N) is 1. The second-order valence-corrected chi connectivity index (χ2v) is 3.84. The first-order valence-corrected chi connectivity index (χ1v) is 5.12. The van der Waals surface area contributed by atoms with Crippen LogP contribution in [0.1, 0.15) is 14.4 Å². The molecule has 0 aliphatic carbocycles. The molecule has 1 heterocycles. The zero-order chi connectivity index (χ0) is 12.5. The number of nitrogens with one attached hydrogen (secondary N) is 1. The molecule has 1 aliphatic rings. The highest BCUT2D eigenvalue weighted by Crippen LogP contribution is 2.21. The third-order valence-corrected chi connectivity index (χ3v) is 2.55. The van der Waals surface area contributed by atoms with Crippen molar-refractivity contribution < 1.29 is 7.48 Å². The molecule has 1 atom stereocenters. The summed E-state index contributed by atoms with van der Waals surface area (Å²) in [7, 11) is 4.00. The average molecular weight is 208 g/mol. The van der Waals surface area contributed by atoms with Gasteiger partial charge in [-0.05, 0) is 17.7 Å². The Morgan fingerprint density at radius 3 is 2.67 bits per heavy atom. The van der Waals surface area contributed by atoms with Crippen LogP contribution in [0.2, 0.25) is 0 Å². The lowest BCUT2D eigenvalue weighted by molar-refractivity contribution is 0.0277. The molecule has 2 rings (SSSR count). The van der Waals surface area contributed by atoms with E-state index in [4.69, 9.17) is 7.48 Å². The van der Waals surface area contributed by atoms with Crippen molar-refractivity contribution in [2.45, 2.75) is 6.10 Å². The van der Waals surface area contributed by atoms with Gasteiger partial charge in [0.05, 0.1) is 12.7 Å². The Morgan fingerprint density at radius 1 is 1.40 bits per heavy atom. The second-order valence-electron chi connectivity index (χ2n) is 3.84. The zero-order valence-corrected chi connectivity index (χ0v) is 9.16. The molecule has 0 unspecified atom stereocenters. The molecule has 1 N–H and O–H groups in total. The lowest BCUT2D eigenvalue weighted by Crippen LogP contribution is -2.33. The predicted octanol–water partition coefficient (Wildman–Crippen LogP) is 1.41. The maximum atomic E-state index is 7.49. The van der Waals surface area contributed by atoms with E-state index >= 15 is 0 Å². The molecule has 82 valence electrons. The van der Waals surface area contributed by atoms with Crippen LogP contribution >= 0.6 is 0 Å². The monoisotopic (exact) mass is 208 g/mol. The van der Waals surface area contributed by atoms with Crippen LogP contribution in [0, 0.1) is 0 Å². The summed E-state index contributed by atoms with van der Waals surface area (Å²) in [6.07, 6.45) is -0.0602. The molecule has 3 heteroatoms. The van der Waals surface area contributed by atoms with Gasteiger partial charge in [0, 0.05) is 35.6 Å². The Bertz CT molecular complexity index is 369. The molecule has 1 saturated heterocycles. The summed E-state index contributed by atoms with van der Waals surface area (Å²) >= 11 is 0.